The second-order valence-electron chi connectivity index (χ2n) is 19.6. The number of phenols is 2. The summed E-state index contributed by atoms with van der Waals surface area (Å²) in [7, 11) is 0. The number of ketones is 2. The Labute approximate surface area is 405 Å². The fourth-order valence-electron chi connectivity index (χ4n) is 8.09. The van der Waals surface area contributed by atoms with Crippen molar-refractivity contribution in [3.8, 4) is 23.0 Å². The van der Waals surface area contributed by atoms with Gasteiger partial charge in [0.1, 0.15) is 36.2 Å². The summed E-state index contributed by atoms with van der Waals surface area (Å²) in [5.41, 5.74) is 6.62. The zero-order valence-corrected chi connectivity index (χ0v) is 40.3. The molecule has 6 aromatic rings. The Kier molecular flexibility index (Phi) is 14.4. The van der Waals surface area contributed by atoms with Crippen LogP contribution in [0.3, 0.4) is 0 Å². The Hall–Kier alpha value is -8.14. The quantitative estimate of drug-likeness (QED) is 0.0668. The molecule has 360 valence electrons. The van der Waals surface area contributed by atoms with Crippen molar-refractivity contribution < 1.29 is 39.1 Å². The predicted molar refractivity (Wildman–Crippen MR) is 265 cm³/mol. The molecule has 0 saturated carbocycles. The van der Waals surface area contributed by atoms with Crippen LogP contribution in [-0.2, 0) is 46.1 Å². The molecule has 70 heavy (non-hydrogen) atoms. The normalized spacial score (nSPS) is 12.8. The second-order valence-corrected chi connectivity index (χ2v) is 19.6. The van der Waals surface area contributed by atoms with E-state index in [0.717, 1.165) is 11.1 Å². The maximum atomic E-state index is 12.6. The van der Waals surface area contributed by atoms with Crippen LogP contribution in [-0.4, -0.2) is 44.8 Å². The number of nitro groups is 2. The number of nitrogens with zero attached hydrogens (tertiary/aromatic N) is 6. The first-order valence-electron chi connectivity index (χ1n) is 22.6. The molecule has 7 rings (SSSR count). The zero-order valence-electron chi connectivity index (χ0n) is 40.3. The summed E-state index contributed by atoms with van der Waals surface area (Å²) in [6.07, 6.45) is 0.355. The van der Waals surface area contributed by atoms with Gasteiger partial charge in [0, 0.05) is 72.2 Å². The van der Waals surface area contributed by atoms with E-state index in [1.54, 1.807) is 24.3 Å². The van der Waals surface area contributed by atoms with Crippen molar-refractivity contribution in [1.82, 2.24) is 0 Å². The van der Waals surface area contributed by atoms with Crippen LogP contribution >= 0.6 is 0 Å². The summed E-state index contributed by atoms with van der Waals surface area (Å²) < 4.78 is 12.8. The summed E-state index contributed by atoms with van der Waals surface area (Å²) in [6, 6.07) is 26.1. The number of nitro benzene ring substituents is 2. The Balaban J connectivity index is 1.52. The number of fused-ring (bicyclic) bond motifs is 8. The van der Waals surface area contributed by atoms with Crippen molar-refractivity contribution in [3.63, 3.8) is 0 Å². The van der Waals surface area contributed by atoms with Crippen LogP contribution in [0.4, 0.5) is 34.1 Å². The van der Waals surface area contributed by atoms with Gasteiger partial charge in [-0.05, 0) is 107 Å². The van der Waals surface area contributed by atoms with Gasteiger partial charge in [0.25, 0.3) is 11.4 Å². The summed E-state index contributed by atoms with van der Waals surface area (Å²) in [5.74, 6) is 0.242. The van der Waals surface area contributed by atoms with Gasteiger partial charge in [0.15, 0.2) is 11.6 Å². The summed E-state index contributed by atoms with van der Waals surface area (Å²) in [4.78, 5) is 46.9. The molecule has 16 nitrogen and oxygen atoms in total. The van der Waals surface area contributed by atoms with Crippen LogP contribution in [0.25, 0.3) is 0 Å². The van der Waals surface area contributed by atoms with E-state index in [1.807, 2.05) is 24.3 Å². The largest absolute Gasteiger partial charge is 0.507 e. The number of non-ortho nitro benzene ring substituents is 2. The number of carbonyl (C=O) groups excluding carboxylic acids is 2. The summed E-state index contributed by atoms with van der Waals surface area (Å²) >= 11 is 0. The molecule has 0 saturated heterocycles. The molecule has 1 aliphatic rings. The first-order valence-corrected chi connectivity index (χ1v) is 22.6. The van der Waals surface area contributed by atoms with Gasteiger partial charge in [0.2, 0.25) is 0 Å². The van der Waals surface area contributed by atoms with Crippen LogP contribution in [0, 0.1) is 20.2 Å². The number of rotatable bonds is 12. The fourth-order valence-corrected chi connectivity index (χ4v) is 8.09. The molecular formula is C54H54N6O10. The van der Waals surface area contributed by atoms with Crippen molar-refractivity contribution in [1.29, 1.82) is 0 Å². The average Bonchev–Trinajstić information content (AvgIpc) is 3.28. The molecule has 0 spiro atoms. The van der Waals surface area contributed by atoms with E-state index in [2.05, 4.69) is 62.0 Å². The van der Waals surface area contributed by atoms with E-state index in [9.17, 15) is 40.0 Å². The van der Waals surface area contributed by atoms with Crippen LogP contribution in [0.15, 0.2) is 118 Å². The molecule has 0 unspecified atom stereocenters. The van der Waals surface area contributed by atoms with Crippen molar-refractivity contribution in [2.75, 3.05) is 13.2 Å². The Morgan fingerprint density at radius 2 is 0.757 bits per heavy atom. The molecule has 0 atom stereocenters. The number of hydrogen-bond acceptors (Lipinski definition) is 14. The van der Waals surface area contributed by atoms with Crippen LogP contribution < -0.4 is 9.47 Å². The zero-order chi connectivity index (χ0) is 50.7. The minimum absolute atomic E-state index is 0.0345. The maximum Gasteiger partial charge on any atom is 0.269 e. The SMILES string of the molecule is CC(=O)COc1c2cc(C(C)(C)C)cc1Cc1cc(N=Nc3ccc([N+](=O)[O-])cc3)cc(c1O)Cc1cc(C(C)(C)C)cc(c1OCC(C)=O)Cc1cc(N=Nc3ccc([N+](=O)[O-])cc3)cc(c1O)C2. The molecule has 0 aliphatic heterocycles. The minimum Gasteiger partial charge on any atom is -0.507 e. The number of phenolic OH excluding ortho intramolecular Hbond substituents is 2. The van der Waals surface area contributed by atoms with Crippen LogP contribution in [0.1, 0.15) is 111 Å². The molecular weight excluding hydrogens is 893 g/mol. The number of ether oxygens (including phenoxy) is 2. The van der Waals surface area contributed by atoms with Crippen molar-refractivity contribution in [3.05, 3.63) is 173 Å². The lowest BCUT2D eigenvalue weighted by Gasteiger charge is -2.26. The molecule has 0 aromatic heterocycles. The minimum atomic E-state index is -0.499. The first-order chi connectivity index (χ1) is 33.0. The summed E-state index contributed by atoms with van der Waals surface area (Å²) in [6.45, 7) is 14.7. The highest BCUT2D eigenvalue weighted by Crippen LogP contribution is 2.44. The van der Waals surface area contributed by atoms with E-state index in [0.29, 0.717) is 78.8 Å². The lowest BCUT2D eigenvalue weighted by atomic mass is 9.81. The van der Waals surface area contributed by atoms with Crippen molar-refractivity contribution in [2.45, 2.75) is 91.9 Å². The van der Waals surface area contributed by atoms with E-state index in [4.69, 9.17) is 9.47 Å². The smallest absolute Gasteiger partial charge is 0.269 e. The molecule has 16 heteroatoms. The fraction of sp³-hybridized carbons (Fsp3) is 0.296. The first kappa shape index (κ1) is 49.8. The van der Waals surface area contributed by atoms with E-state index in [1.165, 1.54) is 62.4 Å². The highest BCUT2D eigenvalue weighted by molar-refractivity contribution is 5.78. The van der Waals surface area contributed by atoms with Gasteiger partial charge >= 0.3 is 0 Å². The summed E-state index contributed by atoms with van der Waals surface area (Å²) in [5, 5.41) is 65.5. The average molecular weight is 947 g/mol. The second kappa shape index (κ2) is 20.2. The molecule has 1 aliphatic carbocycles. The van der Waals surface area contributed by atoms with Crippen molar-refractivity contribution in [2.24, 2.45) is 20.5 Å². The third kappa shape index (κ3) is 11.9. The van der Waals surface area contributed by atoms with Gasteiger partial charge in [0.05, 0.1) is 32.6 Å². The molecule has 0 heterocycles. The lowest BCUT2D eigenvalue weighted by molar-refractivity contribution is -0.385. The Morgan fingerprint density at radius 3 is 1.00 bits per heavy atom. The molecule has 0 amide bonds. The van der Waals surface area contributed by atoms with Crippen molar-refractivity contribution >= 4 is 45.7 Å². The van der Waals surface area contributed by atoms with Crippen LogP contribution in [0.5, 0.6) is 23.0 Å². The molecule has 6 aromatic carbocycles. The van der Waals surface area contributed by atoms with Gasteiger partial charge in [-0.1, -0.05) is 65.8 Å². The van der Waals surface area contributed by atoms with E-state index >= 15 is 0 Å². The highest BCUT2D eigenvalue weighted by Gasteiger charge is 2.27. The van der Waals surface area contributed by atoms with E-state index < -0.39 is 20.7 Å². The van der Waals surface area contributed by atoms with Gasteiger partial charge in [-0.2, -0.15) is 20.5 Å². The molecule has 0 radical (unpaired) electrons. The third-order valence-electron chi connectivity index (χ3n) is 11.8. The topological polar surface area (TPSA) is 229 Å². The van der Waals surface area contributed by atoms with Gasteiger partial charge < -0.3 is 19.7 Å². The highest BCUT2D eigenvalue weighted by atomic mass is 16.6. The number of benzene rings is 6. The number of Topliss-reactive ketones (excluding diaryl/α,β-unsaturated/α-hetero) is 2. The molecule has 0 fully saturated rings. The molecule has 2 N–H and O–H groups in total. The number of carbonyl (C=O) groups is 2. The van der Waals surface area contributed by atoms with Gasteiger partial charge in [-0.15, -0.1) is 0 Å². The Bertz CT molecular complexity index is 2790. The number of aromatic hydroxyl groups is 2. The van der Waals surface area contributed by atoms with E-state index in [-0.39, 0.29) is 73.3 Å². The monoisotopic (exact) mass is 946 g/mol. The molecule has 8 bridgehead atoms. The van der Waals surface area contributed by atoms with Gasteiger partial charge in [-0.25, -0.2) is 0 Å². The third-order valence-corrected chi connectivity index (χ3v) is 11.8. The number of hydrogen-bond donors (Lipinski definition) is 2. The van der Waals surface area contributed by atoms with Crippen LogP contribution in [0.2, 0.25) is 0 Å². The lowest BCUT2D eigenvalue weighted by Crippen LogP contribution is -2.16. The standard InChI is InChI=1S/C54H54N6O10/c1-31(61)29-69-51-37-17-33-25-45(57-55-43-9-13-47(14-10-43)59(65)66)27-35(49(33)63)19-39-23-42(54(6,7)8)24-40(52(39)70-30-32(2)62)20-36-28-46(58-56-44-11-15-48(16-12-44)60(67)68)26-34(50(36)64)18-38(51)22-41(21-37)53(3,4)5/h9-16,21-28,63-64H,17-20,29-30H2,1-8H3. The maximum absolute atomic E-state index is 12.6. The number of azo groups is 2. The van der Waals surface area contributed by atoms with Gasteiger partial charge in [-0.3, -0.25) is 29.8 Å². The predicted octanol–water partition coefficient (Wildman–Crippen LogP) is 13.0. The Morgan fingerprint density at radius 1 is 0.486 bits per heavy atom.